The number of nitrogens with zero attached hydrogens (tertiary/aromatic N) is 6. The third kappa shape index (κ3) is 12.8. The number of benzene rings is 3. The molecule has 0 unspecified atom stereocenters. The van der Waals surface area contributed by atoms with Crippen LogP contribution in [-0.4, -0.2) is 66.4 Å². The van der Waals surface area contributed by atoms with Gasteiger partial charge in [0.25, 0.3) is 5.91 Å². The zero-order valence-electron chi connectivity index (χ0n) is 30.6. The molecule has 0 bridgehead atoms. The van der Waals surface area contributed by atoms with Gasteiger partial charge in [-0.3, -0.25) is 9.59 Å². The van der Waals surface area contributed by atoms with E-state index in [4.69, 9.17) is 23.2 Å². The molecule has 3 aromatic carbocycles. The SMILES string of the molecule is CCN(CCCS(=O)(=O)[O-])c1ccc(N=Nc2c(C#N)c(C(C)C)nn2-c2c(Cl)cc(NC(=O)c3cccc(S(=O)(=O)[O-])c3)cc2Cl)c(NC(C)=O)c1.[Na+].[Na+]. The predicted octanol–water partition coefficient (Wildman–Crippen LogP) is 0.474. The minimum absolute atomic E-state index is 0. The van der Waals surface area contributed by atoms with Crippen LogP contribution in [0.25, 0.3) is 5.69 Å². The van der Waals surface area contributed by atoms with Gasteiger partial charge in [-0.2, -0.15) is 10.4 Å². The Balaban J connectivity index is 0.00000523. The third-order valence-corrected chi connectivity index (χ3v) is 9.73. The molecule has 1 heterocycles. The van der Waals surface area contributed by atoms with Gasteiger partial charge in [-0.1, -0.05) is 43.1 Å². The van der Waals surface area contributed by atoms with Crippen molar-refractivity contribution in [1.82, 2.24) is 9.78 Å². The Kier molecular flexibility index (Phi) is 18.0. The minimum Gasteiger partial charge on any atom is -0.748 e. The Morgan fingerprint density at radius 2 is 1.65 bits per heavy atom. The van der Waals surface area contributed by atoms with Crippen LogP contribution in [0.1, 0.15) is 61.6 Å². The van der Waals surface area contributed by atoms with E-state index in [0.29, 0.717) is 17.9 Å². The van der Waals surface area contributed by atoms with Crippen LogP contribution in [0, 0.1) is 11.3 Å². The number of hydrogen-bond donors (Lipinski definition) is 2. The maximum atomic E-state index is 12.9. The fourth-order valence-electron chi connectivity index (χ4n) is 5.12. The molecule has 4 rings (SSSR count). The molecule has 0 saturated carbocycles. The summed E-state index contributed by atoms with van der Waals surface area (Å²) in [7, 11) is -9.19. The first kappa shape index (κ1) is 48.2. The normalized spacial score (nSPS) is 11.4. The van der Waals surface area contributed by atoms with Gasteiger partial charge in [-0.05, 0) is 67.8 Å². The van der Waals surface area contributed by atoms with E-state index in [1.807, 2.05) is 25.7 Å². The second-order valence-corrected chi connectivity index (χ2v) is 15.5. The summed E-state index contributed by atoms with van der Waals surface area (Å²) in [6, 6.07) is 14.2. The van der Waals surface area contributed by atoms with E-state index < -0.39 is 42.7 Å². The van der Waals surface area contributed by atoms with E-state index in [2.05, 4.69) is 32.0 Å². The molecule has 0 saturated heterocycles. The van der Waals surface area contributed by atoms with Crippen molar-refractivity contribution in [2.75, 3.05) is 34.4 Å². The van der Waals surface area contributed by atoms with Crippen molar-refractivity contribution >= 4 is 83.8 Å². The summed E-state index contributed by atoms with van der Waals surface area (Å²) < 4.78 is 68.8. The quantitative estimate of drug-likeness (QED) is 0.100. The molecule has 0 spiro atoms. The van der Waals surface area contributed by atoms with E-state index in [1.54, 1.807) is 18.2 Å². The molecule has 280 valence electrons. The average molecular weight is 850 g/mol. The van der Waals surface area contributed by atoms with E-state index in [1.165, 1.54) is 35.9 Å². The van der Waals surface area contributed by atoms with Crippen molar-refractivity contribution in [3.05, 3.63) is 81.5 Å². The van der Waals surface area contributed by atoms with Crippen molar-refractivity contribution in [3.63, 3.8) is 0 Å². The maximum absolute atomic E-state index is 12.9. The number of carbonyl (C=O) groups is 2. The van der Waals surface area contributed by atoms with Gasteiger partial charge in [0, 0.05) is 42.7 Å². The largest absolute Gasteiger partial charge is 1.00 e. The summed E-state index contributed by atoms with van der Waals surface area (Å²) in [6.45, 7) is 7.47. The van der Waals surface area contributed by atoms with Gasteiger partial charge in [0.1, 0.15) is 33.1 Å². The number of anilines is 3. The minimum atomic E-state index is -4.81. The standard InChI is InChI=1S/C33H34Cl2N8O8S2.2Na/c1-5-42(12-7-13-52(46,47)48)23-10-11-28(29(17-23)37-20(4)44)39-40-32-25(18-36)30(19(2)3)41-43(32)31-26(34)15-22(16-27(31)35)38-33(45)21-8-6-9-24(14-21)53(49,50)51;;/h6,8-11,14-17,19H,5,7,12-13H2,1-4H3,(H,37,44)(H,38,45)(H,46,47,48)(H,49,50,51);;/q;2*+1/p-2. The number of carbonyl (C=O) groups excluding carboxylic acids is 2. The predicted molar refractivity (Wildman–Crippen MR) is 197 cm³/mol. The van der Waals surface area contributed by atoms with Crippen molar-refractivity contribution in [2.24, 2.45) is 10.2 Å². The van der Waals surface area contributed by atoms with Crippen LogP contribution in [0.3, 0.4) is 0 Å². The first-order valence-corrected chi connectivity index (χ1v) is 19.5. The van der Waals surface area contributed by atoms with Crippen LogP contribution in [0.15, 0.2) is 69.7 Å². The van der Waals surface area contributed by atoms with Gasteiger partial charge in [-0.25, -0.2) is 21.5 Å². The van der Waals surface area contributed by atoms with Crippen LogP contribution in [0.4, 0.5) is 28.6 Å². The molecule has 0 radical (unpaired) electrons. The second kappa shape index (κ2) is 20.5. The van der Waals surface area contributed by atoms with Crippen molar-refractivity contribution in [2.45, 2.75) is 44.9 Å². The first-order valence-electron chi connectivity index (χ1n) is 15.7. The molecular formula is C33H32Cl2N8Na2O8S2. The summed E-state index contributed by atoms with van der Waals surface area (Å²) in [5.41, 5.74) is 1.53. The Hall–Kier alpha value is -2.90. The molecule has 55 heavy (non-hydrogen) atoms. The van der Waals surface area contributed by atoms with Crippen LogP contribution < -0.4 is 74.6 Å². The van der Waals surface area contributed by atoms with Gasteiger partial charge >= 0.3 is 59.1 Å². The van der Waals surface area contributed by atoms with Crippen LogP contribution >= 0.6 is 23.2 Å². The van der Waals surface area contributed by atoms with Crippen molar-refractivity contribution < 1.29 is 94.6 Å². The van der Waals surface area contributed by atoms with Gasteiger partial charge in [0.15, 0.2) is 5.82 Å². The molecule has 22 heteroatoms. The number of amides is 2. The van der Waals surface area contributed by atoms with Gasteiger partial charge < -0.3 is 24.6 Å². The molecule has 2 N–H and O–H groups in total. The number of halogens is 2. The van der Waals surface area contributed by atoms with Crippen molar-refractivity contribution in [3.8, 4) is 11.8 Å². The smallest absolute Gasteiger partial charge is 0.748 e. The van der Waals surface area contributed by atoms with E-state index >= 15 is 0 Å². The number of nitrogens with one attached hydrogen (secondary N) is 2. The van der Waals surface area contributed by atoms with Crippen LogP contribution in [0.2, 0.25) is 10.0 Å². The third-order valence-electron chi connectivity index (χ3n) is 7.53. The second-order valence-electron chi connectivity index (χ2n) is 11.8. The number of azo groups is 1. The fraction of sp³-hybridized carbons (Fsp3) is 0.273. The average Bonchev–Trinajstić information content (AvgIpc) is 3.43. The molecule has 1 aromatic heterocycles. The molecule has 0 aliphatic heterocycles. The van der Waals surface area contributed by atoms with E-state index in [-0.39, 0.29) is 128 Å². The monoisotopic (exact) mass is 848 g/mol. The number of nitriles is 1. The van der Waals surface area contributed by atoms with E-state index in [0.717, 1.165) is 12.1 Å². The Bertz CT molecular complexity index is 2350. The molecular weight excluding hydrogens is 817 g/mol. The zero-order chi connectivity index (χ0) is 39.2. The topological polar surface area (TPSA) is 242 Å². The molecule has 0 atom stereocenters. The summed E-state index contributed by atoms with van der Waals surface area (Å²) >= 11 is 13.4. The Labute approximate surface area is 372 Å². The maximum Gasteiger partial charge on any atom is 1.00 e. The summed E-state index contributed by atoms with van der Waals surface area (Å²) in [5.74, 6) is -2.02. The molecule has 0 aliphatic rings. The number of aromatic nitrogens is 2. The Morgan fingerprint density at radius 1 is 1.00 bits per heavy atom. The molecule has 0 fully saturated rings. The Morgan fingerprint density at radius 3 is 2.20 bits per heavy atom. The molecule has 16 nitrogen and oxygen atoms in total. The van der Waals surface area contributed by atoms with Gasteiger partial charge in [0.05, 0.1) is 36.4 Å². The van der Waals surface area contributed by atoms with E-state index in [9.17, 15) is 40.8 Å². The molecule has 4 aromatic rings. The summed E-state index contributed by atoms with van der Waals surface area (Å²) in [6.07, 6.45) is 0.0943. The first-order chi connectivity index (χ1) is 24.8. The number of hydrogen-bond acceptors (Lipinski definition) is 13. The fourth-order valence-corrected chi connectivity index (χ4v) is 6.77. The molecule has 2 amide bonds. The van der Waals surface area contributed by atoms with Crippen LogP contribution in [0.5, 0.6) is 0 Å². The number of rotatable bonds is 14. The van der Waals surface area contributed by atoms with Gasteiger partial charge in [0.2, 0.25) is 5.91 Å². The zero-order valence-corrected chi connectivity index (χ0v) is 37.8. The summed E-state index contributed by atoms with van der Waals surface area (Å²) in [5, 5.41) is 28.7. The van der Waals surface area contributed by atoms with Gasteiger partial charge in [-0.15, -0.1) is 10.2 Å². The summed E-state index contributed by atoms with van der Waals surface area (Å²) in [4.78, 5) is 26.3. The van der Waals surface area contributed by atoms with Crippen LogP contribution in [-0.2, 0) is 25.0 Å². The molecule has 0 aliphatic carbocycles. The van der Waals surface area contributed by atoms with Crippen molar-refractivity contribution in [1.29, 1.82) is 5.26 Å².